The van der Waals surface area contributed by atoms with Crippen LogP contribution in [0.2, 0.25) is 0 Å². The second kappa shape index (κ2) is 11.0. The number of carbonyl (C=O) groups is 1. The van der Waals surface area contributed by atoms with Gasteiger partial charge in [0.05, 0.1) is 35.6 Å². The molecule has 0 fully saturated rings. The maximum Gasteiger partial charge on any atom is 0.271 e. The highest BCUT2D eigenvalue weighted by Crippen LogP contribution is 2.32. The summed E-state index contributed by atoms with van der Waals surface area (Å²) < 4.78 is 12.9. The van der Waals surface area contributed by atoms with Crippen molar-refractivity contribution in [1.29, 1.82) is 0 Å². The Hall–Kier alpha value is -4.63. The number of anilines is 1. The van der Waals surface area contributed by atoms with E-state index in [1.54, 1.807) is 48.9 Å². The molecule has 0 saturated carbocycles. The fourth-order valence-corrected chi connectivity index (χ4v) is 5.55. The van der Waals surface area contributed by atoms with Crippen LogP contribution >= 0.6 is 11.3 Å². The third kappa shape index (κ3) is 5.21. The number of phenolic OH excluding ortho intramolecular Hbond substituents is 1. The first kappa shape index (κ1) is 26.0. The molecule has 39 heavy (non-hydrogen) atoms. The van der Waals surface area contributed by atoms with Crippen molar-refractivity contribution < 1.29 is 19.4 Å². The number of para-hydroxylation sites is 1. The molecular weight excluding hydrogens is 514 g/mol. The lowest BCUT2D eigenvalue weighted by molar-refractivity contribution is -0.113. The summed E-state index contributed by atoms with van der Waals surface area (Å²) in [6, 6.07) is 20.7. The molecule has 1 aromatic heterocycles. The average molecular weight is 542 g/mol. The molecule has 3 aromatic carbocycles. The first-order chi connectivity index (χ1) is 18.9. The first-order valence-corrected chi connectivity index (χ1v) is 13.2. The molecule has 0 radical (unpaired) electrons. The minimum atomic E-state index is -0.721. The molecule has 9 heteroatoms. The lowest BCUT2D eigenvalue weighted by Gasteiger charge is -2.25. The van der Waals surface area contributed by atoms with Gasteiger partial charge in [-0.15, -0.1) is 0 Å². The van der Waals surface area contributed by atoms with Gasteiger partial charge in [0.15, 0.2) is 16.3 Å². The Morgan fingerprint density at radius 3 is 2.67 bits per heavy atom. The van der Waals surface area contributed by atoms with Crippen LogP contribution in [-0.4, -0.2) is 29.3 Å². The molecule has 1 atom stereocenters. The van der Waals surface area contributed by atoms with Gasteiger partial charge in [-0.25, -0.2) is 4.99 Å². The molecule has 0 saturated heterocycles. The van der Waals surface area contributed by atoms with Crippen molar-refractivity contribution in [3.63, 3.8) is 0 Å². The fraction of sp³-hybridized carbons (Fsp3) is 0.167. The number of nitrogens with one attached hydrogen (secondary N) is 1. The van der Waals surface area contributed by atoms with Crippen molar-refractivity contribution in [2.24, 2.45) is 4.99 Å². The van der Waals surface area contributed by atoms with E-state index in [-0.39, 0.29) is 17.2 Å². The first-order valence-electron chi connectivity index (χ1n) is 12.4. The van der Waals surface area contributed by atoms with Crippen LogP contribution in [-0.2, 0) is 4.79 Å². The minimum absolute atomic E-state index is 0.0261. The zero-order valence-electron chi connectivity index (χ0n) is 21.7. The Kier molecular flexibility index (Phi) is 7.33. The van der Waals surface area contributed by atoms with Crippen molar-refractivity contribution in [1.82, 2.24) is 4.57 Å². The number of nitrogens with zero attached hydrogens (tertiary/aromatic N) is 2. The van der Waals surface area contributed by atoms with Gasteiger partial charge in [0.2, 0.25) is 0 Å². The van der Waals surface area contributed by atoms with Crippen molar-refractivity contribution in [2.75, 3.05) is 19.0 Å². The molecule has 2 N–H and O–H groups in total. The van der Waals surface area contributed by atoms with E-state index in [9.17, 15) is 14.7 Å². The molecule has 0 spiro atoms. The molecule has 1 unspecified atom stereocenters. The number of aromatic nitrogens is 1. The van der Waals surface area contributed by atoms with Crippen LogP contribution in [0.1, 0.15) is 31.0 Å². The molecule has 5 rings (SSSR count). The number of hydrogen-bond acceptors (Lipinski definition) is 7. The van der Waals surface area contributed by atoms with E-state index in [2.05, 4.69) is 10.3 Å². The van der Waals surface area contributed by atoms with Crippen LogP contribution in [0.3, 0.4) is 0 Å². The lowest BCUT2D eigenvalue weighted by Crippen LogP contribution is -2.40. The van der Waals surface area contributed by atoms with Crippen LogP contribution < -0.4 is 29.7 Å². The van der Waals surface area contributed by atoms with E-state index in [4.69, 9.17) is 9.47 Å². The van der Waals surface area contributed by atoms with Crippen LogP contribution in [0.15, 0.2) is 93.9 Å². The monoisotopic (exact) mass is 541 g/mol. The Bertz CT molecular complexity index is 1760. The minimum Gasteiger partial charge on any atom is -0.504 e. The molecular formula is C30H27N3O5S. The molecule has 198 valence electrons. The highest BCUT2D eigenvalue weighted by atomic mass is 32.1. The van der Waals surface area contributed by atoms with E-state index in [1.165, 1.54) is 17.4 Å². The molecule has 4 aromatic rings. The van der Waals surface area contributed by atoms with Crippen LogP contribution in [0.5, 0.6) is 17.2 Å². The van der Waals surface area contributed by atoms with Gasteiger partial charge in [0.1, 0.15) is 5.75 Å². The lowest BCUT2D eigenvalue weighted by atomic mass is 9.95. The number of carbonyl (C=O) groups excluding carboxylic acids is 1. The Labute approximate surface area is 228 Å². The molecule has 1 amide bonds. The van der Waals surface area contributed by atoms with Gasteiger partial charge in [-0.3, -0.25) is 14.2 Å². The number of phenols is 1. The van der Waals surface area contributed by atoms with Gasteiger partial charge in [-0.05, 0) is 67.4 Å². The standard InChI is InChI=1S/C30H27N3O5S/c1-4-38-24-15-19(13-14-23(24)34)16-25-29(36)33-27(20-9-8-12-22(17-20)37-3)26(18(2)31-30(33)39-25)28(35)32-21-10-6-5-7-11-21/h5-17,27,34H,4H2,1-3H3,(H,32,35)/b25-16+. The molecule has 0 bridgehead atoms. The summed E-state index contributed by atoms with van der Waals surface area (Å²) in [5.74, 6) is 0.631. The molecule has 0 aliphatic carbocycles. The second-order valence-corrected chi connectivity index (χ2v) is 9.85. The van der Waals surface area contributed by atoms with Crippen LogP contribution in [0, 0.1) is 0 Å². The third-order valence-corrected chi connectivity index (χ3v) is 7.27. The SMILES string of the molecule is CCOc1cc(/C=c2/sc3n(c2=O)C(c2cccc(OC)c2)C(C(=O)Nc2ccccc2)=C(C)N=3)ccc1O. The molecule has 2 heterocycles. The van der Waals surface area contributed by atoms with Gasteiger partial charge < -0.3 is 19.9 Å². The predicted octanol–water partition coefficient (Wildman–Crippen LogP) is 3.99. The van der Waals surface area contributed by atoms with Gasteiger partial charge in [-0.2, -0.15) is 0 Å². The van der Waals surface area contributed by atoms with E-state index in [1.807, 2.05) is 49.4 Å². The topological polar surface area (TPSA) is 102 Å². The van der Waals surface area contributed by atoms with Gasteiger partial charge in [0.25, 0.3) is 11.5 Å². The molecule has 8 nitrogen and oxygen atoms in total. The number of ether oxygens (including phenoxy) is 2. The van der Waals surface area contributed by atoms with E-state index < -0.39 is 6.04 Å². The van der Waals surface area contributed by atoms with Crippen LogP contribution in [0.25, 0.3) is 6.08 Å². The predicted molar refractivity (Wildman–Crippen MR) is 151 cm³/mol. The summed E-state index contributed by atoms with van der Waals surface area (Å²) in [4.78, 5) is 32.7. The number of allylic oxidation sites excluding steroid dienone is 1. The summed E-state index contributed by atoms with van der Waals surface area (Å²) in [5, 5.41) is 13.0. The number of rotatable bonds is 7. The fourth-order valence-electron chi connectivity index (χ4n) is 4.50. The summed E-state index contributed by atoms with van der Waals surface area (Å²) in [6.07, 6.45) is 1.73. The van der Waals surface area contributed by atoms with E-state index in [0.29, 0.717) is 50.0 Å². The zero-order chi connectivity index (χ0) is 27.5. The number of benzene rings is 3. The van der Waals surface area contributed by atoms with E-state index >= 15 is 0 Å². The average Bonchev–Trinajstić information content (AvgIpc) is 3.24. The van der Waals surface area contributed by atoms with Gasteiger partial charge in [0, 0.05) is 5.69 Å². The summed E-state index contributed by atoms with van der Waals surface area (Å²) in [5.41, 5.74) is 2.66. The highest BCUT2D eigenvalue weighted by Gasteiger charge is 2.32. The number of aromatic hydroxyl groups is 1. The largest absolute Gasteiger partial charge is 0.504 e. The van der Waals surface area contributed by atoms with Gasteiger partial charge >= 0.3 is 0 Å². The normalized spacial score (nSPS) is 14.9. The zero-order valence-corrected chi connectivity index (χ0v) is 22.5. The van der Waals surface area contributed by atoms with Crippen molar-refractivity contribution >= 4 is 29.0 Å². The van der Waals surface area contributed by atoms with Crippen molar-refractivity contribution in [3.05, 3.63) is 115 Å². The highest BCUT2D eigenvalue weighted by molar-refractivity contribution is 7.07. The van der Waals surface area contributed by atoms with E-state index in [0.717, 1.165) is 5.56 Å². The van der Waals surface area contributed by atoms with Crippen molar-refractivity contribution in [3.8, 4) is 17.2 Å². The Morgan fingerprint density at radius 2 is 1.92 bits per heavy atom. The van der Waals surface area contributed by atoms with Crippen molar-refractivity contribution in [2.45, 2.75) is 19.9 Å². The van der Waals surface area contributed by atoms with Crippen LogP contribution in [0.4, 0.5) is 5.69 Å². The Morgan fingerprint density at radius 1 is 1.13 bits per heavy atom. The second-order valence-electron chi connectivity index (χ2n) is 8.84. The number of methoxy groups -OCH3 is 1. The summed E-state index contributed by atoms with van der Waals surface area (Å²) in [7, 11) is 1.57. The maximum absolute atomic E-state index is 13.9. The van der Waals surface area contributed by atoms with Gasteiger partial charge in [-0.1, -0.05) is 47.7 Å². The Balaban J connectivity index is 1.67. The maximum atomic E-state index is 13.9. The number of thiazole rings is 1. The summed E-state index contributed by atoms with van der Waals surface area (Å²) in [6.45, 7) is 4.00. The number of amides is 1. The molecule has 1 aliphatic heterocycles. The summed E-state index contributed by atoms with van der Waals surface area (Å²) >= 11 is 1.24. The molecule has 1 aliphatic rings. The smallest absolute Gasteiger partial charge is 0.271 e. The third-order valence-electron chi connectivity index (χ3n) is 6.29. The number of hydrogen-bond donors (Lipinski definition) is 2. The quantitative estimate of drug-likeness (QED) is 0.369. The number of fused-ring (bicyclic) bond motifs is 1.